The molecule has 2 aromatic carbocycles. The van der Waals surface area contributed by atoms with Crippen LogP contribution in [0.4, 0.5) is 0 Å². The van der Waals surface area contributed by atoms with Crippen molar-refractivity contribution in [2.45, 2.75) is 6.42 Å². The monoisotopic (exact) mass is 467 g/mol. The Hall–Kier alpha value is -3.92. The minimum Gasteiger partial charge on any atom is -0.497 e. The van der Waals surface area contributed by atoms with E-state index in [2.05, 4.69) is 10.1 Å². The molecule has 9 nitrogen and oxygen atoms in total. The van der Waals surface area contributed by atoms with Crippen LogP contribution in [-0.2, 0) is 6.42 Å². The molecule has 0 amide bonds. The molecule has 2 heterocycles. The lowest BCUT2D eigenvalue weighted by atomic mass is 10.1. The fraction of sp³-hybridized carbons (Fsp3) is 0.217. The second-order valence-corrected chi connectivity index (χ2v) is 7.96. The van der Waals surface area contributed by atoms with E-state index in [9.17, 15) is 9.59 Å². The average molecular weight is 468 g/mol. The van der Waals surface area contributed by atoms with Gasteiger partial charge in [-0.15, -0.1) is 0 Å². The number of fused-ring (bicyclic) bond motifs is 1. The first-order valence-corrected chi connectivity index (χ1v) is 10.7. The molecule has 0 atom stereocenters. The molecule has 2 aromatic heterocycles. The number of nitrogens with zero attached hydrogens (tertiary/aromatic N) is 3. The van der Waals surface area contributed by atoms with Crippen LogP contribution in [0.15, 0.2) is 46.0 Å². The van der Waals surface area contributed by atoms with Crippen molar-refractivity contribution < 1.29 is 18.9 Å². The predicted octanol–water partition coefficient (Wildman–Crippen LogP) is 1.68. The molecular formula is C23H21N3O6S. The summed E-state index contributed by atoms with van der Waals surface area (Å²) in [5.74, 6) is 2.32. The molecule has 0 fully saturated rings. The Morgan fingerprint density at radius 2 is 1.64 bits per heavy atom. The molecule has 0 aliphatic heterocycles. The van der Waals surface area contributed by atoms with Gasteiger partial charge in [0.1, 0.15) is 17.2 Å². The number of benzene rings is 2. The highest BCUT2D eigenvalue weighted by atomic mass is 32.1. The summed E-state index contributed by atoms with van der Waals surface area (Å²) in [6, 6.07) is 10.6. The molecule has 4 aromatic rings. The lowest BCUT2D eigenvalue weighted by Gasteiger charge is -2.09. The zero-order chi connectivity index (χ0) is 23.5. The molecule has 170 valence electrons. The highest BCUT2D eigenvalue weighted by Gasteiger charge is 2.14. The number of hydrogen-bond acceptors (Lipinski definition) is 9. The molecule has 0 saturated heterocycles. The van der Waals surface area contributed by atoms with Gasteiger partial charge in [-0.1, -0.05) is 17.4 Å². The van der Waals surface area contributed by atoms with Crippen molar-refractivity contribution in [3.8, 4) is 23.0 Å². The largest absolute Gasteiger partial charge is 0.497 e. The molecular weight excluding hydrogens is 446 g/mol. The van der Waals surface area contributed by atoms with E-state index in [1.807, 2.05) is 0 Å². The van der Waals surface area contributed by atoms with Gasteiger partial charge in [-0.3, -0.25) is 9.59 Å². The molecule has 0 spiro atoms. The first-order chi connectivity index (χ1) is 16.0. The summed E-state index contributed by atoms with van der Waals surface area (Å²) >= 11 is 1.08. The van der Waals surface area contributed by atoms with E-state index < -0.39 is 5.56 Å². The quantitative estimate of drug-likeness (QED) is 0.405. The van der Waals surface area contributed by atoms with Gasteiger partial charge in [0.05, 0.1) is 33.0 Å². The smallest absolute Gasteiger partial charge is 0.296 e. The minimum absolute atomic E-state index is 0.153. The summed E-state index contributed by atoms with van der Waals surface area (Å²) in [4.78, 5) is 29.9. The van der Waals surface area contributed by atoms with E-state index in [4.69, 9.17) is 18.9 Å². The maximum Gasteiger partial charge on any atom is 0.296 e. The lowest BCUT2D eigenvalue weighted by molar-refractivity contribution is 0.354. The van der Waals surface area contributed by atoms with Gasteiger partial charge < -0.3 is 18.9 Å². The second-order valence-electron chi connectivity index (χ2n) is 6.95. The molecule has 0 unspecified atom stereocenters. The average Bonchev–Trinajstić information content (AvgIpc) is 3.12. The van der Waals surface area contributed by atoms with Crippen LogP contribution >= 0.6 is 11.3 Å². The van der Waals surface area contributed by atoms with E-state index >= 15 is 0 Å². The summed E-state index contributed by atoms with van der Waals surface area (Å²) < 4.78 is 22.7. The first-order valence-electron chi connectivity index (χ1n) is 9.84. The maximum absolute atomic E-state index is 13.0. The van der Waals surface area contributed by atoms with Crippen LogP contribution in [0.5, 0.6) is 23.0 Å². The molecule has 0 aliphatic rings. The van der Waals surface area contributed by atoms with Gasteiger partial charge in [0.2, 0.25) is 4.96 Å². The van der Waals surface area contributed by atoms with E-state index in [0.29, 0.717) is 33.1 Å². The van der Waals surface area contributed by atoms with Gasteiger partial charge in [-0.2, -0.15) is 14.6 Å². The van der Waals surface area contributed by atoms with Crippen molar-refractivity contribution in [1.29, 1.82) is 0 Å². The molecule has 33 heavy (non-hydrogen) atoms. The summed E-state index contributed by atoms with van der Waals surface area (Å²) in [6.07, 6.45) is 1.86. The molecule has 0 aliphatic carbocycles. The van der Waals surface area contributed by atoms with Crippen molar-refractivity contribution in [2.24, 2.45) is 0 Å². The van der Waals surface area contributed by atoms with Gasteiger partial charge in [0, 0.05) is 12.0 Å². The number of hydrogen-bond donors (Lipinski definition) is 0. The van der Waals surface area contributed by atoms with Crippen LogP contribution in [-0.4, -0.2) is 43.0 Å². The fourth-order valence-electron chi connectivity index (χ4n) is 3.33. The standard InChI is InChI=1S/C23H21N3O6S/c1-29-15-6-8-17(30-2)14(11-15)12-20-22(28)26-23(33-20)24-21(27)16(25-26)9-13-5-7-18(31-3)19(10-13)32-4/h5-8,10-12H,9H2,1-4H3/b20-12-. The number of aromatic nitrogens is 3. The Morgan fingerprint density at radius 3 is 2.33 bits per heavy atom. The molecule has 10 heteroatoms. The predicted molar refractivity (Wildman–Crippen MR) is 124 cm³/mol. The fourth-order valence-corrected chi connectivity index (χ4v) is 4.22. The highest BCUT2D eigenvalue weighted by molar-refractivity contribution is 7.15. The van der Waals surface area contributed by atoms with Crippen molar-refractivity contribution in [1.82, 2.24) is 14.6 Å². The number of methoxy groups -OCH3 is 4. The lowest BCUT2D eigenvalue weighted by Crippen LogP contribution is -2.28. The molecule has 4 rings (SSSR count). The number of thiazole rings is 1. The highest BCUT2D eigenvalue weighted by Crippen LogP contribution is 2.28. The van der Waals surface area contributed by atoms with Crippen molar-refractivity contribution >= 4 is 22.4 Å². The zero-order valence-electron chi connectivity index (χ0n) is 18.4. The van der Waals surface area contributed by atoms with Gasteiger partial charge in [-0.05, 0) is 42.0 Å². The first kappa shape index (κ1) is 22.3. The van der Waals surface area contributed by atoms with Crippen LogP contribution < -0.4 is 34.6 Å². The van der Waals surface area contributed by atoms with Gasteiger partial charge in [0.25, 0.3) is 11.1 Å². The zero-order valence-corrected chi connectivity index (χ0v) is 19.3. The number of ether oxygens (including phenoxy) is 4. The number of rotatable bonds is 7. The summed E-state index contributed by atoms with van der Waals surface area (Å²) in [6.45, 7) is 0. The Balaban J connectivity index is 1.78. The van der Waals surface area contributed by atoms with Gasteiger partial charge in [0.15, 0.2) is 11.5 Å². The topological polar surface area (TPSA) is 101 Å². The van der Waals surface area contributed by atoms with Crippen LogP contribution in [0.3, 0.4) is 0 Å². The third kappa shape index (κ3) is 4.37. The summed E-state index contributed by atoms with van der Waals surface area (Å²) in [7, 11) is 6.19. The molecule has 0 N–H and O–H groups in total. The normalized spacial score (nSPS) is 11.6. The molecule has 0 bridgehead atoms. The van der Waals surface area contributed by atoms with Crippen molar-refractivity contribution in [3.63, 3.8) is 0 Å². The third-order valence-electron chi connectivity index (χ3n) is 4.99. The molecule has 0 saturated carbocycles. The van der Waals surface area contributed by atoms with Crippen LogP contribution in [0.1, 0.15) is 16.8 Å². The summed E-state index contributed by atoms with van der Waals surface area (Å²) in [5, 5.41) is 4.30. The maximum atomic E-state index is 13.0. The molecule has 0 radical (unpaired) electrons. The van der Waals surface area contributed by atoms with Crippen LogP contribution in [0.2, 0.25) is 0 Å². The van der Waals surface area contributed by atoms with E-state index in [-0.39, 0.29) is 22.6 Å². The summed E-state index contributed by atoms with van der Waals surface area (Å²) in [5.41, 5.74) is 0.723. The third-order valence-corrected chi connectivity index (χ3v) is 5.95. The van der Waals surface area contributed by atoms with Gasteiger partial charge in [-0.25, -0.2) is 0 Å². The Morgan fingerprint density at radius 1 is 0.909 bits per heavy atom. The van der Waals surface area contributed by atoms with Crippen molar-refractivity contribution in [3.05, 3.63) is 78.5 Å². The van der Waals surface area contributed by atoms with Crippen LogP contribution in [0, 0.1) is 0 Å². The Bertz CT molecular complexity index is 1490. The Labute approximate surface area is 192 Å². The van der Waals surface area contributed by atoms with E-state index in [0.717, 1.165) is 21.4 Å². The van der Waals surface area contributed by atoms with Crippen LogP contribution in [0.25, 0.3) is 11.0 Å². The SMILES string of the molecule is COc1ccc(OC)c(/C=c2\sc3nc(=O)c(Cc4ccc(OC)c(OC)c4)nn3c2=O)c1. The van der Waals surface area contributed by atoms with E-state index in [1.165, 1.54) is 7.11 Å². The van der Waals surface area contributed by atoms with E-state index in [1.54, 1.807) is 63.8 Å². The second kappa shape index (κ2) is 9.29. The van der Waals surface area contributed by atoms with Gasteiger partial charge >= 0.3 is 0 Å². The minimum atomic E-state index is -0.489. The Kier molecular flexibility index (Phi) is 6.27. The van der Waals surface area contributed by atoms with Crippen molar-refractivity contribution in [2.75, 3.05) is 28.4 Å².